The average Bonchev–Trinajstić information content (AvgIpc) is 3.30. The maximum atomic E-state index is 12.9. The number of carbonyl (C=O) groups excluding carboxylic acids is 1. The van der Waals surface area contributed by atoms with E-state index in [1.165, 1.54) is 0 Å². The van der Waals surface area contributed by atoms with E-state index in [0.717, 1.165) is 29.6 Å². The number of fused-ring (bicyclic) bond motifs is 1. The van der Waals surface area contributed by atoms with E-state index in [1.54, 1.807) is 12.3 Å². The second kappa shape index (κ2) is 7.59. The molecule has 0 bridgehead atoms. The fraction of sp³-hybridized carbons (Fsp3) is 0.381. The van der Waals surface area contributed by atoms with Gasteiger partial charge in [-0.15, -0.1) is 0 Å². The van der Waals surface area contributed by atoms with E-state index in [0.29, 0.717) is 12.1 Å². The highest BCUT2D eigenvalue weighted by atomic mass is 16.3. The van der Waals surface area contributed by atoms with Crippen LogP contribution in [0, 0.1) is 5.92 Å². The molecule has 3 atom stereocenters. The number of nitrogens with one attached hydrogen (secondary N) is 1. The predicted octanol–water partition coefficient (Wildman–Crippen LogP) is 2.07. The molecule has 0 saturated heterocycles. The summed E-state index contributed by atoms with van der Waals surface area (Å²) in [5.41, 5.74) is 2.09. The van der Waals surface area contributed by atoms with Crippen LogP contribution in [0.2, 0.25) is 0 Å². The Hall–Kier alpha value is -2.93. The minimum absolute atomic E-state index is 0.252. The fourth-order valence-corrected chi connectivity index (χ4v) is 3.98. The number of anilines is 1. The summed E-state index contributed by atoms with van der Waals surface area (Å²) in [5.74, 6) is 0.0275. The number of carbonyl (C=O) groups is 1. The maximum absolute atomic E-state index is 12.9. The lowest BCUT2D eigenvalue weighted by Gasteiger charge is -2.19. The summed E-state index contributed by atoms with van der Waals surface area (Å²) in [6, 6.07) is 11.2. The van der Waals surface area contributed by atoms with Crippen molar-refractivity contribution in [3.63, 3.8) is 0 Å². The zero-order valence-electron chi connectivity index (χ0n) is 16.1. The van der Waals surface area contributed by atoms with Crippen molar-refractivity contribution < 1.29 is 9.90 Å². The van der Waals surface area contributed by atoms with Crippen molar-refractivity contribution >= 4 is 22.5 Å². The Morgan fingerprint density at radius 1 is 1.29 bits per heavy atom. The molecule has 3 aromatic rings. The molecule has 1 fully saturated rings. The van der Waals surface area contributed by atoms with Crippen LogP contribution in [0.4, 0.5) is 5.69 Å². The summed E-state index contributed by atoms with van der Waals surface area (Å²) >= 11 is 0. The number of nitrogens with zero attached hydrogens (tertiary/aromatic N) is 4. The highest BCUT2D eigenvalue weighted by Gasteiger charge is 2.34. The first kappa shape index (κ1) is 18.4. The quantitative estimate of drug-likeness (QED) is 0.709. The first-order valence-corrected chi connectivity index (χ1v) is 9.54. The standard InChI is InChI=1S/C21H25N5O2/c1-25(2)19-12-18(23-16-7-4-3-6-15(16)19)21(28)24-17-10-14(11-20(17)27)13-26-9-5-8-22-26/h3-9,12,14,17,20,27H,10-11,13H2,1-2H3,(H,24,28)/t14?,17-,20-/m1/s1. The minimum atomic E-state index is -0.557. The van der Waals surface area contributed by atoms with Gasteiger partial charge in [-0.3, -0.25) is 9.48 Å². The Balaban J connectivity index is 1.50. The summed E-state index contributed by atoms with van der Waals surface area (Å²) in [4.78, 5) is 19.4. The number of aliphatic hydroxyl groups is 1. The van der Waals surface area contributed by atoms with Crippen LogP contribution in [-0.2, 0) is 6.54 Å². The summed E-state index contributed by atoms with van der Waals surface area (Å²) in [5, 5.41) is 18.6. The molecule has 4 rings (SSSR count). The van der Waals surface area contributed by atoms with E-state index in [4.69, 9.17) is 0 Å². The van der Waals surface area contributed by atoms with Crippen molar-refractivity contribution in [3.05, 3.63) is 54.5 Å². The molecule has 7 heteroatoms. The van der Waals surface area contributed by atoms with Gasteiger partial charge in [-0.25, -0.2) is 4.98 Å². The van der Waals surface area contributed by atoms with Gasteiger partial charge in [0.15, 0.2) is 0 Å². The molecule has 0 aliphatic heterocycles. The molecule has 1 aromatic carbocycles. The lowest BCUT2D eigenvalue weighted by molar-refractivity contribution is 0.0868. The van der Waals surface area contributed by atoms with Gasteiger partial charge in [0, 0.05) is 44.1 Å². The van der Waals surface area contributed by atoms with Gasteiger partial charge in [0.1, 0.15) is 5.69 Å². The number of pyridine rings is 1. The Morgan fingerprint density at radius 3 is 2.86 bits per heavy atom. The Bertz CT molecular complexity index is 970. The van der Waals surface area contributed by atoms with Gasteiger partial charge in [0.2, 0.25) is 0 Å². The van der Waals surface area contributed by atoms with Gasteiger partial charge in [-0.2, -0.15) is 5.10 Å². The maximum Gasteiger partial charge on any atom is 0.270 e. The molecule has 1 aliphatic rings. The summed E-state index contributed by atoms with van der Waals surface area (Å²) < 4.78 is 1.87. The van der Waals surface area contributed by atoms with Gasteiger partial charge >= 0.3 is 0 Å². The smallest absolute Gasteiger partial charge is 0.270 e. The second-order valence-corrected chi connectivity index (χ2v) is 7.65. The fourth-order valence-electron chi connectivity index (χ4n) is 3.98. The molecule has 2 aromatic heterocycles. The molecule has 146 valence electrons. The van der Waals surface area contributed by atoms with E-state index >= 15 is 0 Å². The van der Waals surface area contributed by atoms with Crippen molar-refractivity contribution in [3.8, 4) is 0 Å². The molecule has 2 N–H and O–H groups in total. The van der Waals surface area contributed by atoms with E-state index < -0.39 is 6.10 Å². The number of aromatic nitrogens is 3. The van der Waals surface area contributed by atoms with Crippen LogP contribution in [0.1, 0.15) is 23.3 Å². The SMILES string of the molecule is CN(C)c1cc(C(=O)N[C@@H]2CC(Cn3cccn3)C[C@H]2O)nc2ccccc12. The van der Waals surface area contributed by atoms with Crippen LogP contribution in [0.25, 0.3) is 10.9 Å². The third kappa shape index (κ3) is 3.71. The van der Waals surface area contributed by atoms with Gasteiger partial charge in [-0.05, 0) is 37.0 Å². The third-order valence-corrected chi connectivity index (χ3v) is 5.36. The van der Waals surface area contributed by atoms with Gasteiger partial charge in [-0.1, -0.05) is 18.2 Å². The molecule has 7 nitrogen and oxygen atoms in total. The first-order valence-electron chi connectivity index (χ1n) is 9.54. The summed E-state index contributed by atoms with van der Waals surface area (Å²) in [6.45, 7) is 0.745. The van der Waals surface area contributed by atoms with Crippen LogP contribution in [0.3, 0.4) is 0 Å². The topological polar surface area (TPSA) is 83.3 Å². The molecule has 0 radical (unpaired) electrons. The Kier molecular flexibility index (Phi) is 5.00. The normalized spacial score (nSPS) is 21.8. The second-order valence-electron chi connectivity index (χ2n) is 7.65. The summed E-state index contributed by atoms with van der Waals surface area (Å²) in [7, 11) is 3.90. The van der Waals surface area contributed by atoms with Crippen molar-refractivity contribution in [2.45, 2.75) is 31.5 Å². The van der Waals surface area contributed by atoms with E-state index in [1.807, 2.05) is 60.2 Å². The van der Waals surface area contributed by atoms with Gasteiger partial charge in [0.05, 0.1) is 17.7 Å². The van der Waals surface area contributed by atoms with Crippen molar-refractivity contribution in [2.75, 3.05) is 19.0 Å². The van der Waals surface area contributed by atoms with Crippen molar-refractivity contribution in [1.82, 2.24) is 20.1 Å². The molecule has 28 heavy (non-hydrogen) atoms. The van der Waals surface area contributed by atoms with Crippen LogP contribution in [-0.4, -0.2) is 52.0 Å². The number of hydrogen-bond acceptors (Lipinski definition) is 5. The molecular formula is C21H25N5O2. The van der Waals surface area contributed by atoms with E-state index in [9.17, 15) is 9.90 Å². The Labute approximate surface area is 164 Å². The number of benzene rings is 1. The van der Waals surface area contributed by atoms with Crippen LogP contribution in [0.15, 0.2) is 48.8 Å². The van der Waals surface area contributed by atoms with E-state index in [-0.39, 0.29) is 17.9 Å². The van der Waals surface area contributed by atoms with Gasteiger partial charge in [0.25, 0.3) is 5.91 Å². The van der Waals surface area contributed by atoms with Crippen LogP contribution >= 0.6 is 0 Å². The van der Waals surface area contributed by atoms with E-state index in [2.05, 4.69) is 15.4 Å². The average molecular weight is 379 g/mol. The highest BCUT2D eigenvalue weighted by Crippen LogP contribution is 2.29. The molecule has 1 aliphatic carbocycles. The number of hydrogen-bond donors (Lipinski definition) is 2. The number of amides is 1. The third-order valence-electron chi connectivity index (χ3n) is 5.36. The van der Waals surface area contributed by atoms with Crippen molar-refractivity contribution in [2.24, 2.45) is 5.92 Å². The highest BCUT2D eigenvalue weighted by molar-refractivity contribution is 6.00. The van der Waals surface area contributed by atoms with Crippen LogP contribution < -0.4 is 10.2 Å². The largest absolute Gasteiger partial charge is 0.391 e. The summed E-state index contributed by atoms with van der Waals surface area (Å²) in [6.07, 6.45) is 4.48. The Morgan fingerprint density at radius 2 is 2.11 bits per heavy atom. The van der Waals surface area contributed by atoms with Gasteiger partial charge < -0.3 is 15.3 Å². The lowest BCUT2D eigenvalue weighted by atomic mass is 10.1. The zero-order valence-corrected chi connectivity index (χ0v) is 16.1. The molecule has 1 amide bonds. The van der Waals surface area contributed by atoms with Crippen LogP contribution in [0.5, 0.6) is 0 Å². The molecule has 2 heterocycles. The van der Waals surface area contributed by atoms with Crippen molar-refractivity contribution in [1.29, 1.82) is 0 Å². The predicted molar refractivity (Wildman–Crippen MR) is 108 cm³/mol. The number of aliphatic hydroxyl groups excluding tert-OH is 1. The first-order chi connectivity index (χ1) is 13.5. The number of rotatable bonds is 5. The molecule has 0 spiro atoms. The minimum Gasteiger partial charge on any atom is -0.391 e. The molecule has 1 unspecified atom stereocenters. The monoisotopic (exact) mass is 379 g/mol. The zero-order chi connectivity index (χ0) is 19.7. The molecule has 1 saturated carbocycles. The molecular weight excluding hydrogens is 354 g/mol. The lowest BCUT2D eigenvalue weighted by Crippen LogP contribution is -2.40. The number of para-hydroxylation sites is 1.